The summed E-state index contributed by atoms with van der Waals surface area (Å²) < 4.78 is 12.7. The summed E-state index contributed by atoms with van der Waals surface area (Å²) in [6.45, 7) is 10.6. The molecule has 7 atom stereocenters. The number of hydrogen-bond acceptors (Lipinski definition) is 5. The minimum atomic E-state index is -0.351. The van der Waals surface area contributed by atoms with Gasteiger partial charge >= 0.3 is 5.97 Å². The molecule has 0 aromatic heterocycles. The summed E-state index contributed by atoms with van der Waals surface area (Å²) >= 11 is 0. The molecule has 0 amide bonds. The first kappa shape index (κ1) is 21.8. The molecule has 6 rings (SSSR count). The highest BCUT2D eigenvalue weighted by Crippen LogP contribution is 2.66. The van der Waals surface area contributed by atoms with Crippen molar-refractivity contribution in [2.75, 3.05) is 39.3 Å². The van der Waals surface area contributed by atoms with Gasteiger partial charge in [-0.25, -0.2) is 0 Å². The van der Waals surface area contributed by atoms with Crippen molar-refractivity contribution in [3.8, 4) is 0 Å². The maximum atomic E-state index is 13.3. The third-order valence-corrected chi connectivity index (χ3v) is 9.48. The Balaban J connectivity index is 1.08. The summed E-state index contributed by atoms with van der Waals surface area (Å²) in [7, 11) is 0. The Morgan fingerprint density at radius 3 is 2.58 bits per heavy atom. The molecule has 5 heteroatoms. The molecule has 5 fully saturated rings. The van der Waals surface area contributed by atoms with Gasteiger partial charge in [-0.2, -0.15) is 0 Å². The Bertz CT molecular complexity index is 911. The SMILES string of the molecule is C[C@@H]1CC[C@@H]2[C@H](CN3CCN(C/C=C/c4ccccc4)CC3)C(=O)O[C@]23[C@@H]1CC[C@@]1(C)O[C@@H]31. The lowest BCUT2D eigenvalue weighted by Crippen LogP contribution is -2.58. The van der Waals surface area contributed by atoms with Gasteiger partial charge in [-0.05, 0) is 44.1 Å². The molecule has 0 unspecified atom stereocenters. The lowest BCUT2D eigenvalue weighted by molar-refractivity contribution is -0.168. The second-order valence-corrected chi connectivity index (χ2v) is 11.4. The first-order valence-corrected chi connectivity index (χ1v) is 13.1. The van der Waals surface area contributed by atoms with Crippen LogP contribution in [0.25, 0.3) is 6.08 Å². The van der Waals surface area contributed by atoms with Gasteiger partial charge in [0.05, 0.1) is 11.5 Å². The summed E-state index contributed by atoms with van der Waals surface area (Å²) in [5, 5.41) is 0. The largest absolute Gasteiger partial charge is 0.455 e. The van der Waals surface area contributed by atoms with Crippen LogP contribution < -0.4 is 0 Å². The van der Waals surface area contributed by atoms with Crippen molar-refractivity contribution in [1.82, 2.24) is 9.80 Å². The minimum absolute atomic E-state index is 0.0103. The van der Waals surface area contributed by atoms with Crippen molar-refractivity contribution in [2.45, 2.75) is 56.8 Å². The van der Waals surface area contributed by atoms with Gasteiger partial charge < -0.3 is 9.47 Å². The Morgan fingerprint density at radius 1 is 1.03 bits per heavy atom. The van der Waals surface area contributed by atoms with Crippen molar-refractivity contribution in [3.05, 3.63) is 42.0 Å². The van der Waals surface area contributed by atoms with Crippen LogP contribution in [0, 0.1) is 23.7 Å². The van der Waals surface area contributed by atoms with Gasteiger partial charge in [0.15, 0.2) is 0 Å². The molecule has 33 heavy (non-hydrogen) atoms. The van der Waals surface area contributed by atoms with Gasteiger partial charge in [0.1, 0.15) is 11.7 Å². The lowest BCUT2D eigenvalue weighted by atomic mass is 9.55. The van der Waals surface area contributed by atoms with E-state index in [1.807, 2.05) is 0 Å². The second kappa shape index (κ2) is 8.21. The van der Waals surface area contributed by atoms with Gasteiger partial charge in [-0.15, -0.1) is 0 Å². The van der Waals surface area contributed by atoms with Gasteiger partial charge in [0.25, 0.3) is 0 Å². The number of piperazine rings is 1. The summed E-state index contributed by atoms with van der Waals surface area (Å²) in [6.07, 6.45) is 9.17. The highest BCUT2D eigenvalue weighted by atomic mass is 16.7. The molecule has 5 aliphatic rings. The van der Waals surface area contributed by atoms with E-state index in [1.165, 1.54) is 12.0 Å². The molecular formula is C28H38N2O3. The Labute approximate surface area is 198 Å². The van der Waals surface area contributed by atoms with Gasteiger partial charge in [-0.1, -0.05) is 49.4 Å². The fourth-order valence-corrected chi connectivity index (χ4v) is 7.60. The van der Waals surface area contributed by atoms with E-state index in [9.17, 15) is 4.79 Å². The smallest absolute Gasteiger partial charge is 0.311 e. The topological polar surface area (TPSA) is 45.3 Å². The third kappa shape index (κ3) is 3.67. The molecule has 2 saturated carbocycles. The molecule has 1 aromatic carbocycles. The van der Waals surface area contributed by atoms with Gasteiger partial charge in [-0.3, -0.25) is 14.6 Å². The molecule has 178 valence electrons. The molecule has 3 saturated heterocycles. The van der Waals surface area contributed by atoms with Crippen molar-refractivity contribution < 1.29 is 14.3 Å². The summed E-state index contributed by atoms with van der Waals surface area (Å²) in [5.41, 5.74) is 0.847. The second-order valence-electron chi connectivity index (χ2n) is 11.4. The van der Waals surface area contributed by atoms with E-state index in [2.05, 4.69) is 66.1 Å². The molecule has 0 N–H and O–H groups in total. The molecule has 3 heterocycles. The molecule has 0 bridgehead atoms. The average molecular weight is 451 g/mol. The Kier molecular flexibility index (Phi) is 5.43. The van der Waals surface area contributed by atoms with Crippen LogP contribution >= 0.6 is 0 Å². The van der Waals surface area contributed by atoms with E-state index in [-0.39, 0.29) is 29.2 Å². The Morgan fingerprint density at radius 2 is 1.79 bits per heavy atom. The summed E-state index contributed by atoms with van der Waals surface area (Å²) in [4.78, 5) is 18.3. The lowest BCUT2D eigenvalue weighted by Gasteiger charge is -2.50. The fourth-order valence-electron chi connectivity index (χ4n) is 7.60. The number of carbonyl (C=O) groups excluding carboxylic acids is 1. The molecule has 1 aromatic rings. The van der Waals surface area contributed by atoms with Crippen molar-refractivity contribution in [2.24, 2.45) is 23.7 Å². The van der Waals surface area contributed by atoms with Crippen molar-refractivity contribution in [1.29, 1.82) is 0 Å². The van der Waals surface area contributed by atoms with Crippen LogP contribution in [0.4, 0.5) is 0 Å². The third-order valence-electron chi connectivity index (χ3n) is 9.48. The first-order chi connectivity index (χ1) is 16.0. The number of rotatable bonds is 5. The molecular weight excluding hydrogens is 412 g/mol. The van der Waals surface area contributed by atoms with Crippen LogP contribution in [0.3, 0.4) is 0 Å². The van der Waals surface area contributed by atoms with Crippen LogP contribution in [0.5, 0.6) is 0 Å². The van der Waals surface area contributed by atoms with E-state index in [4.69, 9.17) is 9.47 Å². The predicted molar refractivity (Wildman–Crippen MR) is 129 cm³/mol. The normalized spacial score (nSPS) is 43.1. The standard InChI is InChI=1S/C28H38N2O3/c1-20-10-11-24-22(25(31)32-28(24)23(20)12-13-27(2)26(28)33-27)19-30-17-15-29(16-18-30)14-6-9-21-7-4-3-5-8-21/h3-9,20,22-24,26H,10-19H2,1-2H3/b9-6+/t20-,22+,23-,24-,26-,27-,28-/m1/s1. The molecule has 0 radical (unpaired) electrons. The molecule has 3 aliphatic heterocycles. The van der Waals surface area contributed by atoms with Crippen LogP contribution in [0.1, 0.15) is 45.1 Å². The Hall–Kier alpha value is -1.69. The number of benzene rings is 1. The van der Waals surface area contributed by atoms with Crippen molar-refractivity contribution in [3.63, 3.8) is 0 Å². The van der Waals surface area contributed by atoms with E-state index in [0.29, 0.717) is 17.8 Å². The number of fused-ring (bicyclic) bond motifs is 1. The van der Waals surface area contributed by atoms with Gasteiger partial charge in [0.2, 0.25) is 0 Å². The number of carbonyl (C=O) groups is 1. The predicted octanol–water partition coefficient (Wildman–Crippen LogP) is 3.84. The van der Waals surface area contributed by atoms with E-state index in [0.717, 1.165) is 58.5 Å². The highest BCUT2D eigenvalue weighted by Gasteiger charge is 2.77. The summed E-state index contributed by atoms with van der Waals surface area (Å²) in [6, 6.07) is 10.5. The number of nitrogens with zero attached hydrogens (tertiary/aromatic N) is 2. The first-order valence-electron chi connectivity index (χ1n) is 13.1. The minimum Gasteiger partial charge on any atom is -0.455 e. The monoisotopic (exact) mass is 450 g/mol. The summed E-state index contributed by atoms with van der Waals surface area (Å²) in [5.74, 6) is 1.47. The zero-order valence-corrected chi connectivity index (χ0v) is 20.1. The van der Waals surface area contributed by atoms with Crippen LogP contribution in [0.15, 0.2) is 36.4 Å². The molecule has 2 aliphatic carbocycles. The maximum Gasteiger partial charge on any atom is 0.311 e. The molecule has 5 nitrogen and oxygen atoms in total. The van der Waals surface area contributed by atoms with Gasteiger partial charge in [0, 0.05) is 51.1 Å². The van der Waals surface area contributed by atoms with E-state index < -0.39 is 0 Å². The van der Waals surface area contributed by atoms with Crippen LogP contribution in [-0.2, 0) is 14.3 Å². The zero-order chi connectivity index (χ0) is 22.6. The maximum absolute atomic E-state index is 13.3. The number of esters is 1. The highest BCUT2D eigenvalue weighted by molar-refractivity contribution is 5.77. The van der Waals surface area contributed by atoms with Crippen LogP contribution in [0.2, 0.25) is 0 Å². The number of hydrogen-bond donors (Lipinski definition) is 0. The van der Waals surface area contributed by atoms with E-state index in [1.54, 1.807) is 0 Å². The quantitative estimate of drug-likeness (QED) is 0.504. The average Bonchev–Trinajstić information content (AvgIpc) is 3.45. The van der Waals surface area contributed by atoms with E-state index >= 15 is 0 Å². The van der Waals surface area contributed by atoms with Crippen molar-refractivity contribution >= 4 is 12.0 Å². The fraction of sp³-hybridized carbons (Fsp3) is 0.679. The zero-order valence-electron chi connectivity index (χ0n) is 20.1. The molecule has 1 spiro atoms. The van der Waals surface area contributed by atoms with Crippen LogP contribution in [-0.4, -0.2) is 72.3 Å². The number of ether oxygens (including phenoxy) is 2. The number of epoxide rings is 1.